The lowest BCUT2D eigenvalue weighted by molar-refractivity contribution is -0.135. The first-order valence-corrected chi connectivity index (χ1v) is 10.3. The van der Waals surface area contributed by atoms with Gasteiger partial charge in [0.25, 0.3) is 5.91 Å². The molecule has 1 saturated heterocycles. The van der Waals surface area contributed by atoms with Gasteiger partial charge in [-0.3, -0.25) is 4.79 Å². The minimum Gasteiger partial charge on any atom is -0.483 e. The van der Waals surface area contributed by atoms with E-state index in [1.165, 1.54) is 0 Å². The topological polar surface area (TPSA) is 59.1 Å². The predicted molar refractivity (Wildman–Crippen MR) is 114 cm³/mol. The molecule has 1 aromatic carbocycles. The van der Waals surface area contributed by atoms with Crippen LogP contribution < -0.4 is 4.74 Å². The van der Waals surface area contributed by atoms with Crippen molar-refractivity contribution in [2.24, 2.45) is 0 Å². The number of ether oxygens (including phenoxy) is 2. The molecule has 2 amide bonds. The maximum atomic E-state index is 12.7. The molecule has 0 spiro atoms. The van der Waals surface area contributed by atoms with Gasteiger partial charge in [-0.2, -0.15) is 0 Å². The molecule has 0 aliphatic carbocycles. The molecule has 6 heteroatoms. The molecular weight excluding hydrogens is 368 g/mol. The second-order valence-electron chi connectivity index (χ2n) is 9.74. The van der Waals surface area contributed by atoms with Crippen LogP contribution in [0.1, 0.15) is 59.9 Å². The lowest BCUT2D eigenvalue weighted by Gasteiger charge is -2.37. The lowest BCUT2D eigenvalue weighted by atomic mass is 9.86. The Labute approximate surface area is 175 Å². The molecule has 0 aromatic heterocycles. The Balaban J connectivity index is 1.87. The predicted octanol–water partition coefficient (Wildman–Crippen LogP) is 4.22. The molecule has 1 fully saturated rings. The van der Waals surface area contributed by atoms with E-state index in [9.17, 15) is 9.59 Å². The molecule has 0 radical (unpaired) electrons. The minimum atomic E-state index is -0.499. The summed E-state index contributed by atoms with van der Waals surface area (Å²) in [6.45, 7) is 13.2. The van der Waals surface area contributed by atoms with Gasteiger partial charge < -0.3 is 19.3 Å². The van der Waals surface area contributed by atoms with E-state index in [0.29, 0.717) is 13.1 Å². The van der Waals surface area contributed by atoms with Crippen molar-refractivity contribution in [3.05, 3.63) is 29.8 Å². The number of benzene rings is 1. The Morgan fingerprint density at radius 2 is 1.66 bits per heavy atom. The average Bonchev–Trinajstić information content (AvgIpc) is 2.63. The van der Waals surface area contributed by atoms with Crippen LogP contribution in [0.15, 0.2) is 24.3 Å². The van der Waals surface area contributed by atoms with Gasteiger partial charge in [0.1, 0.15) is 11.4 Å². The zero-order chi connectivity index (χ0) is 21.8. The molecule has 2 rings (SSSR count). The highest BCUT2D eigenvalue weighted by molar-refractivity contribution is 5.78. The largest absolute Gasteiger partial charge is 0.483 e. The molecule has 1 aromatic rings. The lowest BCUT2D eigenvalue weighted by Crippen LogP contribution is -2.49. The second kappa shape index (κ2) is 9.06. The molecule has 1 aliphatic rings. The van der Waals surface area contributed by atoms with E-state index < -0.39 is 5.60 Å². The first-order valence-electron chi connectivity index (χ1n) is 10.3. The maximum Gasteiger partial charge on any atom is 0.410 e. The zero-order valence-corrected chi connectivity index (χ0v) is 18.9. The molecule has 0 N–H and O–H groups in total. The smallest absolute Gasteiger partial charge is 0.410 e. The van der Waals surface area contributed by atoms with Crippen LogP contribution in [0.5, 0.6) is 5.75 Å². The van der Waals surface area contributed by atoms with E-state index in [0.717, 1.165) is 24.2 Å². The molecule has 162 valence electrons. The van der Waals surface area contributed by atoms with Crippen molar-refractivity contribution < 1.29 is 19.1 Å². The van der Waals surface area contributed by atoms with Crippen LogP contribution in [0, 0.1) is 0 Å². The van der Waals surface area contributed by atoms with Crippen LogP contribution in [-0.4, -0.2) is 60.2 Å². The van der Waals surface area contributed by atoms with Crippen LogP contribution in [0.2, 0.25) is 0 Å². The fourth-order valence-corrected chi connectivity index (χ4v) is 3.42. The van der Waals surface area contributed by atoms with Crippen molar-refractivity contribution in [1.82, 2.24) is 9.80 Å². The van der Waals surface area contributed by atoms with Crippen molar-refractivity contribution >= 4 is 12.0 Å². The van der Waals surface area contributed by atoms with Gasteiger partial charge in [-0.25, -0.2) is 4.79 Å². The quantitative estimate of drug-likeness (QED) is 0.754. The number of likely N-dealkylation sites (tertiary alicyclic amines) is 1. The van der Waals surface area contributed by atoms with Crippen LogP contribution in [-0.2, 0) is 14.9 Å². The molecule has 29 heavy (non-hydrogen) atoms. The summed E-state index contributed by atoms with van der Waals surface area (Å²) in [6.07, 6.45) is 1.19. The van der Waals surface area contributed by atoms with E-state index in [1.807, 2.05) is 52.1 Å². The SMILES string of the molecule is CN(C(=O)COc1ccccc1C(C)(C)C)C1CCN(C(=O)OC(C)(C)C)CC1. The third-order valence-electron chi connectivity index (χ3n) is 5.10. The van der Waals surface area contributed by atoms with Gasteiger partial charge in [0.05, 0.1) is 0 Å². The van der Waals surface area contributed by atoms with Crippen LogP contribution in [0.25, 0.3) is 0 Å². The third kappa shape index (κ3) is 6.65. The van der Waals surface area contributed by atoms with Crippen molar-refractivity contribution in [2.45, 2.75) is 71.4 Å². The Bertz CT molecular complexity index is 710. The molecule has 0 saturated carbocycles. The van der Waals surface area contributed by atoms with Crippen LogP contribution in [0.4, 0.5) is 4.79 Å². The number of carbonyl (C=O) groups excluding carboxylic acids is 2. The zero-order valence-electron chi connectivity index (χ0n) is 18.9. The van der Waals surface area contributed by atoms with E-state index in [1.54, 1.807) is 9.80 Å². The third-order valence-corrected chi connectivity index (χ3v) is 5.10. The summed E-state index contributed by atoms with van der Waals surface area (Å²) in [5.74, 6) is 0.700. The number of carbonyl (C=O) groups is 2. The molecule has 0 unspecified atom stereocenters. The van der Waals surface area contributed by atoms with E-state index in [-0.39, 0.29) is 30.1 Å². The summed E-state index contributed by atoms with van der Waals surface area (Å²) >= 11 is 0. The number of hydrogen-bond acceptors (Lipinski definition) is 4. The molecule has 0 atom stereocenters. The highest BCUT2D eigenvalue weighted by Crippen LogP contribution is 2.31. The van der Waals surface area contributed by atoms with Gasteiger partial charge in [0, 0.05) is 26.2 Å². The van der Waals surface area contributed by atoms with Crippen molar-refractivity contribution in [1.29, 1.82) is 0 Å². The summed E-state index contributed by atoms with van der Waals surface area (Å²) in [6, 6.07) is 7.95. The summed E-state index contributed by atoms with van der Waals surface area (Å²) in [7, 11) is 1.81. The van der Waals surface area contributed by atoms with Gasteiger partial charge in [-0.1, -0.05) is 39.0 Å². The number of para-hydroxylation sites is 1. The second-order valence-corrected chi connectivity index (χ2v) is 9.74. The molecule has 1 heterocycles. The number of nitrogens with zero attached hydrogens (tertiary/aromatic N) is 2. The molecule has 1 aliphatic heterocycles. The van der Waals surface area contributed by atoms with Crippen molar-refractivity contribution in [3.8, 4) is 5.75 Å². The maximum absolute atomic E-state index is 12.7. The van der Waals surface area contributed by atoms with Crippen molar-refractivity contribution in [3.63, 3.8) is 0 Å². The van der Waals surface area contributed by atoms with Gasteiger partial charge in [0.2, 0.25) is 0 Å². The molecule has 6 nitrogen and oxygen atoms in total. The summed E-state index contributed by atoms with van der Waals surface area (Å²) in [5.41, 5.74) is 0.530. The summed E-state index contributed by atoms with van der Waals surface area (Å²) < 4.78 is 11.3. The van der Waals surface area contributed by atoms with Crippen LogP contribution >= 0.6 is 0 Å². The van der Waals surface area contributed by atoms with Gasteiger partial charge in [-0.05, 0) is 50.7 Å². The van der Waals surface area contributed by atoms with Crippen molar-refractivity contribution in [2.75, 3.05) is 26.7 Å². The minimum absolute atomic E-state index is 0.00980. The number of rotatable bonds is 4. The van der Waals surface area contributed by atoms with Gasteiger partial charge >= 0.3 is 6.09 Å². The van der Waals surface area contributed by atoms with Crippen LogP contribution in [0.3, 0.4) is 0 Å². The standard InChI is InChI=1S/C23H36N2O4/c1-22(2,3)18-10-8-9-11-19(18)28-16-20(26)24(7)17-12-14-25(15-13-17)21(27)29-23(4,5)6/h8-11,17H,12-16H2,1-7H3. The first-order chi connectivity index (χ1) is 13.4. The Kier molecular flexibility index (Phi) is 7.20. The Hall–Kier alpha value is -2.24. The molecule has 0 bridgehead atoms. The number of likely N-dealkylation sites (N-methyl/N-ethyl adjacent to an activating group) is 1. The average molecular weight is 405 g/mol. The number of hydrogen-bond donors (Lipinski definition) is 0. The summed E-state index contributed by atoms with van der Waals surface area (Å²) in [4.78, 5) is 28.3. The fraction of sp³-hybridized carbons (Fsp3) is 0.652. The first kappa shape index (κ1) is 23.0. The summed E-state index contributed by atoms with van der Waals surface area (Å²) in [5, 5.41) is 0. The normalized spacial score (nSPS) is 15.8. The Morgan fingerprint density at radius 1 is 1.07 bits per heavy atom. The number of piperidine rings is 1. The highest BCUT2D eigenvalue weighted by atomic mass is 16.6. The molecular formula is C23H36N2O4. The highest BCUT2D eigenvalue weighted by Gasteiger charge is 2.30. The van der Waals surface area contributed by atoms with E-state index in [2.05, 4.69) is 20.8 Å². The van der Waals surface area contributed by atoms with Gasteiger partial charge in [-0.15, -0.1) is 0 Å². The van der Waals surface area contributed by atoms with Gasteiger partial charge in [0.15, 0.2) is 6.61 Å². The van der Waals surface area contributed by atoms with E-state index in [4.69, 9.17) is 9.47 Å². The monoisotopic (exact) mass is 404 g/mol. The number of amides is 2. The Morgan fingerprint density at radius 3 is 2.21 bits per heavy atom. The van der Waals surface area contributed by atoms with E-state index >= 15 is 0 Å². The fourth-order valence-electron chi connectivity index (χ4n) is 3.42.